The van der Waals surface area contributed by atoms with Crippen molar-refractivity contribution in [2.75, 3.05) is 10.6 Å². The molecule has 0 spiro atoms. The first-order valence-corrected chi connectivity index (χ1v) is 13.9. The van der Waals surface area contributed by atoms with E-state index in [-0.39, 0.29) is 5.91 Å². The van der Waals surface area contributed by atoms with E-state index in [4.69, 9.17) is 4.74 Å². The smallest absolute Gasteiger partial charge is 0.224 e. The van der Waals surface area contributed by atoms with Crippen LogP contribution in [0.15, 0.2) is 78.9 Å². The second kappa shape index (κ2) is 12.6. The van der Waals surface area contributed by atoms with Gasteiger partial charge in [0.2, 0.25) is 5.91 Å². The van der Waals surface area contributed by atoms with Gasteiger partial charge in [0.25, 0.3) is 0 Å². The minimum Gasteiger partial charge on any atom is -0.489 e. The molecule has 0 radical (unpaired) electrons. The molecule has 0 bridgehead atoms. The third-order valence-corrected chi connectivity index (χ3v) is 7.56. The predicted octanol–water partition coefficient (Wildman–Crippen LogP) is 8.88. The molecule has 37 heavy (non-hydrogen) atoms. The fourth-order valence-corrected chi connectivity index (χ4v) is 5.51. The number of hydrogen-bond donors (Lipinski definition) is 2. The Morgan fingerprint density at radius 2 is 1.70 bits per heavy atom. The Balaban J connectivity index is 1.25. The van der Waals surface area contributed by atoms with Crippen molar-refractivity contribution in [3.63, 3.8) is 0 Å². The number of rotatable bonds is 10. The average molecular weight is 495 g/mol. The van der Waals surface area contributed by atoms with Gasteiger partial charge in [-0.1, -0.05) is 74.6 Å². The van der Waals surface area contributed by atoms with Gasteiger partial charge in [-0.05, 0) is 79.1 Å². The van der Waals surface area contributed by atoms with Gasteiger partial charge in [0.15, 0.2) is 0 Å². The lowest BCUT2D eigenvalue weighted by Gasteiger charge is -2.21. The van der Waals surface area contributed by atoms with Crippen LogP contribution in [0.25, 0.3) is 5.57 Å². The second-order valence-electron chi connectivity index (χ2n) is 10.4. The Kier molecular flexibility index (Phi) is 8.58. The highest BCUT2D eigenvalue weighted by Crippen LogP contribution is 2.37. The molecular formula is C33H38N2O2. The van der Waals surface area contributed by atoms with E-state index in [2.05, 4.69) is 41.0 Å². The van der Waals surface area contributed by atoms with E-state index in [0.717, 1.165) is 53.6 Å². The molecule has 2 aliphatic rings. The zero-order valence-electron chi connectivity index (χ0n) is 21.7. The maximum absolute atomic E-state index is 12.6. The number of nitrogens with one attached hydrogen (secondary N) is 2. The van der Waals surface area contributed by atoms with Crippen molar-refractivity contribution < 1.29 is 9.53 Å². The maximum atomic E-state index is 12.6. The molecule has 0 heterocycles. The SMILES string of the molecule is O=C(CCC1CCCCC1)Nc1cccc(Nc2ccc(OCc3ccccc3)cc2C2=CCCC2)c1. The fourth-order valence-electron chi connectivity index (χ4n) is 5.51. The molecule has 192 valence electrons. The van der Waals surface area contributed by atoms with Gasteiger partial charge in [0.1, 0.15) is 12.4 Å². The molecule has 4 heteroatoms. The molecular weight excluding hydrogens is 456 g/mol. The summed E-state index contributed by atoms with van der Waals surface area (Å²) in [5.74, 6) is 1.70. The molecule has 0 atom stereocenters. The lowest BCUT2D eigenvalue weighted by molar-refractivity contribution is -0.116. The molecule has 5 rings (SSSR count). The normalized spacial score (nSPS) is 15.7. The van der Waals surface area contributed by atoms with Crippen molar-refractivity contribution in [3.05, 3.63) is 90.0 Å². The fraction of sp³-hybridized carbons (Fsp3) is 0.364. The topological polar surface area (TPSA) is 50.4 Å². The van der Waals surface area contributed by atoms with E-state index < -0.39 is 0 Å². The third-order valence-electron chi connectivity index (χ3n) is 7.56. The molecule has 2 N–H and O–H groups in total. The quantitative estimate of drug-likeness (QED) is 0.296. The zero-order valence-corrected chi connectivity index (χ0v) is 21.7. The number of benzene rings is 3. The van der Waals surface area contributed by atoms with Crippen molar-refractivity contribution >= 4 is 28.5 Å². The van der Waals surface area contributed by atoms with Gasteiger partial charge >= 0.3 is 0 Å². The summed E-state index contributed by atoms with van der Waals surface area (Å²) in [6.07, 6.45) is 13.9. The number of ether oxygens (including phenoxy) is 1. The highest BCUT2D eigenvalue weighted by atomic mass is 16.5. The molecule has 0 saturated heterocycles. The number of allylic oxidation sites excluding steroid dienone is 2. The van der Waals surface area contributed by atoms with Crippen LogP contribution in [-0.4, -0.2) is 5.91 Å². The summed E-state index contributed by atoms with van der Waals surface area (Å²) in [5.41, 5.74) is 6.56. The van der Waals surface area contributed by atoms with Gasteiger partial charge in [-0.15, -0.1) is 0 Å². The summed E-state index contributed by atoms with van der Waals surface area (Å²) in [6, 6.07) is 24.6. The Hall–Kier alpha value is -3.53. The van der Waals surface area contributed by atoms with Gasteiger partial charge in [0.05, 0.1) is 0 Å². The van der Waals surface area contributed by atoms with Gasteiger partial charge in [-0.25, -0.2) is 0 Å². The van der Waals surface area contributed by atoms with Gasteiger partial charge in [-0.2, -0.15) is 0 Å². The van der Waals surface area contributed by atoms with Crippen LogP contribution in [0.3, 0.4) is 0 Å². The minimum absolute atomic E-state index is 0.111. The van der Waals surface area contributed by atoms with Crippen molar-refractivity contribution in [1.29, 1.82) is 0 Å². The van der Waals surface area contributed by atoms with Crippen LogP contribution in [0.2, 0.25) is 0 Å². The molecule has 0 aliphatic heterocycles. The van der Waals surface area contributed by atoms with Gasteiger partial charge in [-0.3, -0.25) is 4.79 Å². The summed E-state index contributed by atoms with van der Waals surface area (Å²) in [4.78, 5) is 12.6. The lowest BCUT2D eigenvalue weighted by Crippen LogP contribution is -2.14. The molecule has 4 nitrogen and oxygen atoms in total. The monoisotopic (exact) mass is 494 g/mol. The van der Waals surface area contributed by atoms with E-state index in [1.807, 2.05) is 48.5 Å². The first-order chi connectivity index (χ1) is 18.2. The molecule has 1 saturated carbocycles. The molecule has 0 aromatic heterocycles. The molecule has 2 aliphatic carbocycles. The molecule has 1 amide bonds. The van der Waals surface area contributed by atoms with Crippen LogP contribution in [0.5, 0.6) is 5.75 Å². The van der Waals surface area contributed by atoms with Crippen LogP contribution in [-0.2, 0) is 11.4 Å². The maximum Gasteiger partial charge on any atom is 0.224 e. The third kappa shape index (κ3) is 7.25. The lowest BCUT2D eigenvalue weighted by atomic mass is 9.86. The Labute approximate surface area is 221 Å². The highest BCUT2D eigenvalue weighted by Gasteiger charge is 2.16. The predicted molar refractivity (Wildman–Crippen MR) is 153 cm³/mol. The van der Waals surface area contributed by atoms with Crippen LogP contribution < -0.4 is 15.4 Å². The van der Waals surface area contributed by atoms with E-state index in [1.54, 1.807) is 0 Å². The van der Waals surface area contributed by atoms with E-state index in [9.17, 15) is 4.79 Å². The summed E-state index contributed by atoms with van der Waals surface area (Å²) >= 11 is 0. The van der Waals surface area contributed by atoms with Crippen molar-refractivity contribution in [2.45, 2.75) is 70.8 Å². The van der Waals surface area contributed by atoms with E-state index in [1.165, 1.54) is 49.7 Å². The van der Waals surface area contributed by atoms with E-state index >= 15 is 0 Å². The Morgan fingerprint density at radius 3 is 2.51 bits per heavy atom. The first kappa shape index (κ1) is 25.1. The average Bonchev–Trinajstić information content (AvgIpc) is 3.48. The Bertz CT molecular complexity index is 1210. The minimum atomic E-state index is 0.111. The molecule has 3 aromatic rings. The molecule has 1 fully saturated rings. The summed E-state index contributed by atoms with van der Waals surface area (Å²) in [7, 11) is 0. The Morgan fingerprint density at radius 1 is 0.865 bits per heavy atom. The first-order valence-electron chi connectivity index (χ1n) is 13.9. The van der Waals surface area contributed by atoms with Gasteiger partial charge in [0, 0.05) is 29.0 Å². The number of amides is 1. The summed E-state index contributed by atoms with van der Waals surface area (Å²) in [6.45, 7) is 0.550. The number of carbonyl (C=O) groups is 1. The van der Waals surface area contributed by atoms with Crippen molar-refractivity contribution in [3.8, 4) is 5.75 Å². The van der Waals surface area contributed by atoms with Crippen LogP contribution in [0.1, 0.15) is 75.3 Å². The number of hydrogen-bond acceptors (Lipinski definition) is 3. The van der Waals surface area contributed by atoms with Crippen molar-refractivity contribution in [1.82, 2.24) is 0 Å². The largest absolute Gasteiger partial charge is 0.489 e. The molecule has 0 unspecified atom stereocenters. The number of anilines is 3. The second-order valence-corrected chi connectivity index (χ2v) is 10.4. The number of carbonyl (C=O) groups excluding carboxylic acids is 1. The van der Waals surface area contributed by atoms with Crippen LogP contribution in [0, 0.1) is 5.92 Å². The zero-order chi connectivity index (χ0) is 25.3. The summed E-state index contributed by atoms with van der Waals surface area (Å²) in [5, 5.41) is 6.71. The van der Waals surface area contributed by atoms with Crippen molar-refractivity contribution in [2.24, 2.45) is 5.92 Å². The standard InChI is InChI=1S/C33H38N2O2/c36-33(21-18-25-10-3-1-4-11-25)35-29-17-9-16-28(22-29)34-32-20-19-30(23-31(32)27-14-7-8-15-27)37-24-26-12-5-2-6-13-26/h2,5-6,9,12-14,16-17,19-20,22-23,25,34H,1,3-4,7-8,10-11,15,18,21,24H2,(H,35,36). The molecule has 3 aromatic carbocycles. The summed E-state index contributed by atoms with van der Waals surface area (Å²) < 4.78 is 6.12. The van der Waals surface area contributed by atoms with E-state index in [0.29, 0.717) is 13.0 Å². The van der Waals surface area contributed by atoms with Crippen LogP contribution >= 0.6 is 0 Å². The van der Waals surface area contributed by atoms with Gasteiger partial charge < -0.3 is 15.4 Å². The van der Waals surface area contributed by atoms with Crippen LogP contribution in [0.4, 0.5) is 17.1 Å². The highest BCUT2D eigenvalue weighted by molar-refractivity contribution is 5.91.